The van der Waals surface area contributed by atoms with Crippen LogP contribution in [0, 0.1) is 6.92 Å². The van der Waals surface area contributed by atoms with Crippen molar-refractivity contribution in [1.29, 1.82) is 0 Å². The smallest absolute Gasteiger partial charge is 0.169 e. The van der Waals surface area contributed by atoms with Crippen molar-refractivity contribution in [3.05, 3.63) is 52.4 Å². The minimum Gasteiger partial charge on any atom is -0.452 e. The minimum atomic E-state index is -0.638. The number of halogens is 1. The van der Waals surface area contributed by atoms with Crippen molar-refractivity contribution in [2.75, 3.05) is 11.9 Å². The first-order valence-corrected chi connectivity index (χ1v) is 6.54. The molecule has 4 heteroatoms. The van der Waals surface area contributed by atoms with Crippen LogP contribution in [0.15, 0.2) is 45.5 Å². The normalized spacial score (nSPS) is 14.2. The Morgan fingerprint density at radius 1 is 1.22 bits per heavy atom. The Balaban J connectivity index is 2.25. The highest BCUT2D eigenvalue weighted by atomic mass is 79.9. The third-order valence-corrected chi connectivity index (χ3v) is 3.33. The first-order valence-electron chi connectivity index (χ1n) is 5.75. The highest BCUT2D eigenvalue weighted by Crippen LogP contribution is 2.29. The molecule has 1 unspecified atom stereocenters. The zero-order valence-corrected chi connectivity index (χ0v) is 12.0. The summed E-state index contributed by atoms with van der Waals surface area (Å²) in [6.45, 7) is 3.89. The lowest BCUT2D eigenvalue weighted by molar-refractivity contribution is 0.202. The number of aryl methyl sites for hydroxylation is 1. The van der Waals surface area contributed by atoms with E-state index >= 15 is 0 Å². The number of hydrogen-bond donors (Lipinski definition) is 2. The van der Waals surface area contributed by atoms with Crippen LogP contribution >= 0.6 is 15.9 Å². The Morgan fingerprint density at radius 2 is 1.89 bits per heavy atom. The Morgan fingerprint density at radius 3 is 2.39 bits per heavy atom. The predicted molar refractivity (Wildman–Crippen MR) is 75.6 cm³/mol. The molecule has 1 aromatic carbocycles. The van der Waals surface area contributed by atoms with Crippen molar-refractivity contribution in [2.24, 2.45) is 0 Å². The lowest BCUT2D eigenvalue weighted by atomic mass is 9.99. The van der Waals surface area contributed by atoms with E-state index in [4.69, 9.17) is 4.42 Å². The summed E-state index contributed by atoms with van der Waals surface area (Å²) in [4.78, 5) is 0. The number of aliphatic hydroxyl groups is 1. The molecule has 0 radical (unpaired) electrons. The van der Waals surface area contributed by atoms with Crippen molar-refractivity contribution in [3.63, 3.8) is 0 Å². The van der Waals surface area contributed by atoms with Gasteiger partial charge in [-0.3, -0.25) is 0 Å². The van der Waals surface area contributed by atoms with E-state index in [9.17, 15) is 5.11 Å². The number of hydrogen-bond acceptors (Lipinski definition) is 3. The molecule has 1 heterocycles. The van der Waals surface area contributed by atoms with Gasteiger partial charge in [0, 0.05) is 5.69 Å². The maximum Gasteiger partial charge on any atom is 0.169 e. The second-order valence-electron chi connectivity index (χ2n) is 4.59. The number of nitrogens with one attached hydrogen (secondary N) is 1. The standard InChI is InChI=1S/C14H16BrNO2/c1-10-3-5-11(6-4-10)16-14(2,9-17)12-7-8-13(15)18-12/h3-8,16-17H,9H2,1-2H3. The summed E-state index contributed by atoms with van der Waals surface area (Å²) < 4.78 is 6.19. The average Bonchev–Trinajstić information content (AvgIpc) is 2.79. The van der Waals surface area contributed by atoms with Gasteiger partial charge in [0.1, 0.15) is 11.3 Å². The van der Waals surface area contributed by atoms with Gasteiger partial charge in [0.05, 0.1) is 6.61 Å². The van der Waals surface area contributed by atoms with Crippen molar-refractivity contribution >= 4 is 21.6 Å². The molecule has 0 saturated carbocycles. The van der Waals surface area contributed by atoms with E-state index in [1.165, 1.54) is 5.56 Å². The zero-order chi connectivity index (χ0) is 13.2. The third kappa shape index (κ3) is 2.76. The quantitative estimate of drug-likeness (QED) is 0.905. The van der Waals surface area contributed by atoms with Gasteiger partial charge in [0.15, 0.2) is 4.67 Å². The topological polar surface area (TPSA) is 45.4 Å². The molecule has 96 valence electrons. The van der Waals surface area contributed by atoms with Crippen molar-refractivity contribution in [1.82, 2.24) is 0 Å². The third-order valence-electron chi connectivity index (χ3n) is 2.91. The fraction of sp³-hybridized carbons (Fsp3) is 0.286. The molecule has 0 saturated heterocycles. The van der Waals surface area contributed by atoms with Crippen LogP contribution in [-0.4, -0.2) is 11.7 Å². The predicted octanol–water partition coefficient (Wildman–Crippen LogP) is 3.67. The summed E-state index contributed by atoms with van der Waals surface area (Å²) in [5.41, 5.74) is 1.51. The molecule has 3 nitrogen and oxygen atoms in total. The second-order valence-corrected chi connectivity index (χ2v) is 5.37. The van der Waals surface area contributed by atoms with Gasteiger partial charge in [-0.1, -0.05) is 17.7 Å². The summed E-state index contributed by atoms with van der Waals surface area (Å²) in [6, 6.07) is 11.7. The number of aliphatic hydroxyl groups excluding tert-OH is 1. The monoisotopic (exact) mass is 309 g/mol. The largest absolute Gasteiger partial charge is 0.452 e. The van der Waals surface area contributed by atoms with E-state index in [2.05, 4.69) is 21.2 Å². The van der Waals surface area contributed by atoms with Gasteiger partial charge in [-0.05, 0) is 54.0 Å². The Labute approximate surface area is 115 Å². The number of furan rings is 1. The minimum absolute atomic E-state index is 0.0547. The summed E-state index contributed by atoms with van der Waals surface area (Å²) in [5, 5.41) is 12.9. The number of benzene rings is 1. The summed E-state index contributed by atoms with van der Waals surface area (Å²) in [5.74, 6) is 0.692. The molecular weight excluding hydrogens is 294 g/mol. The molecule has 0 aliphatic rings. The molecular formula is C14H16BrNO2. The van der Waals surface area contributed by atoms with E-state index in [0.717, 1.165) is 5.69 Å². The van der Waals surface area contributed by atoms with E-state index in [1.54, 1.807) is 0 Å². The zero-order valence-electron chi connectivity index (χ0n) is 10.4. The van der Waals surface area contributed by atoms with Gasteiger partial charge >= 0.3 is 0 Å². The molecule has 0 bridgehead atoms. The average molecular weight is 310 g/mol. The van der Waals surface area contributed by atoms with Gasteiger partial charge in [0.25, 0.3) is 0 Å². The molecule has 0 amide bonds. The van der Waals surface area contributed by atoms with Gasteiger partial charge in [0.2, 0.25) is 0 Å². The lowest BCUT2D eigenvalue weighted by Crippen LogP contribution is -2.35. The Hall–Kier alpha value is -1.26. The second kappa shape index (κ2) is 5.16. The fourth-order valence-electron chi connectivity index (χ4n) is 1.75. The first-order chi connectivity index (χ1) is 8.53. The molecule has 18 heavy (non-hydrogen) atoms. The van der Waals surface area contributed by atoms with E-state index < -0.39 is 5.54 Å². The van der Waals surface area contributed by atoms with Crippen LogP contribution in [0.3, 0.4) is 0 Å². The molecule has 2 rings (SSSR count). The van der Waals surface area contributed by atoms with E-state index in [1.807, 2.05) is 50.2 Å². The van der Waals surface area contributed by atoms with E-state index in [0.29, 0.717) is 10.4 Å². The van der Waals surface area contributed by atoms with Gasteiger partial charge in [-0.15, -0.1) is 0 Å². The molecule has 1 atom stereocenters. The molecule has 2 N–H and O–H groups in total. The Bertz CT molecular complexity index is 521. The Kier molecular flexibility index (Phi) is 3.78. The fourth-order valence-corrected chi connectivity index (χ4v) is 2.05. The molecule has 2 aromatic rings. The van der Waals surface area contributed by atoms with Crippen LogP contribution < -0.4 is 5.32 Å². The highest BCUT2D eigenvalue weighted by Gasteiger charge is 2.29. The molecule has 0 aliphatic heterocycles. The molecule has 0 aliphatic carbocycles. The van der Waals surface area contributed by atoms with Crippen LogP contribution in [0.25, 0.3) is 0 Å². The van der Waals surface area contributed by atoms with Crippen LogP contribution in [0.5, 0.6) is 0 Å². The summed E-state index contributed by atoms with van der Waals surface area (Å²) in [6.07, 6.45) is 0. The van der Waals surface area contributed by atoms with Gasteiger partial charge < -0.3 is 14.8 Å². The first kappa shape index (κ1) is 13.2. The highest BCUT2D eigenvalue weighted by molar-refractivity contribution is 9.10. The number of rotatable bonds is 4. The SMILES string of the molecule is Cc1ccc(NC(C)(CO)c2ccc(Br)o2)cc1. The maximum absolute atomic E-state index is 9.63. The summed E-state index contributed by atoms with van der Waals surface area (Å²) in [7, 11) is 0. The summed E-state index contributed by atoms with van der Waals surface area (Å²) >= 11 is 3.27. The van der Waals surface area contributed by atoms with Crippen LogP contribution in [0.1, 0.15) is 18.2 Å². The molecule has 0 fully saturated rings. The molecule has 0 spiro atoms. The van der Waals surface area contributed by atoms with Gasteiger partial charge in [-0.25, -0.2) is 0 Å². The maximum atomic E-state index is 9.63. The van der Waals surface area contributed by atoms with Crippen molar-refractivity contribution in [3.8, 4) is 0 Å². The van der Waals surface area contributed by atoms with Crippen LogP contribution in [-0.2, 0) is 5.54 Å². The van der Waals surface area contributed by atoms with Gasteiger partial charge in [-0.2, -0.15) is 0 Å². The van der Waals surface area contributed by atoms with Crippen LogP contribution in [0.4, 0.5) is 5.69 Å². The van der Waals surface area contributed by atoms with E-state index in [-0.39, 0.29) is 6.61 Å². The van der Waals surface area contributed by atoms with Crippen molar-refractivity contribution < 1.29 is 9.52 Å². The molecule has 1 aromatic heterocycles. The van der Waals surface area contributed by atoms with Crippen LogP contribution in [0.2, 0.25) is 0 Å². The number of anilines is 1. The van der Waals surface area contributed by atoms with Crippen molar-refractivity contribution in [2.45, 2.75) is 19.4 Å². The lowest BCUT2D eigenvalue weighted by Gasteiger charge is -2.27.